The molecule has 0 radical (unpaired) electrons. The number of amides is 2. The van der Waals surface area contributed by atoms with Gasteiger partial charge in [0.2, 0.25) is 5.91 Å². The van der Waals surface area contributed by atoms with Gasteiger partial charge in [0.25, 0.3) is 5.91 Å². The summed E-state index contributed by atoms with van der Waals surface area (Å²) in [5.74, 6) is 0.278. The summed E-state index contributed by atoms with van der Waals surface area (Å²) in [7, 11) is 0. The van der Waals surface area contributed by atoms with Crippen molar-refractivity contribution in [3.8, 4) is 0 Å². The summed E-state index contributed by atoms with van der Waals surface area (Å²) in [6, 6.07) is 17.0. The van der Waals surface area contributed by atoms with Crippen LogP contribution >= 0.6 is 11.6 Å². The van der Waals surface area contributed by atoms with E-state index in [1.807, 2.05) is 18.2 Å². The van der Waals surface area contributed by atoms with Gasteiger partial charge < -0.3 is 10.6 Å². The molecule has 5 heteroatoms. The van der Waals surface area contributed by atoms with E-state index in [0.717, 1.165) is 6.42 Å². The van der Waals surface area contributed by atoms with Gasteiger partial charge in [-0.25, -0.2) is 0 Å². The van der Waals surface area contributed by atoms with Crippen LogP contribution in [0.15, 0.2) is 54.6 Å². The van der Waals surface area contributed by atoms with Crippen molar-refractivity contribution < 1.29 is 9.59 Å². The second kappa shape index (κ2) is 10.6. The zero-order chi connectivity index (χ0) is 18.8. The van der Waals surface area contributed by atoms with Crippen LogP contribution in [0.5, 0.6) is 0 Å². The number of nitrogens with one attached hydrogen (secondary N) is 2. The van der Waals surface area contributed by atoms with Crippen LogP contribution < -0.4 is 10.6 Å². The van der Waals surface area contributed by atoms with E-state index in [1.54, 1.807) is 24.3 Å². The SMILES string of the molecule is CC(CCNC(=O)CCCNC(=O)c1ccc(Cl)cc1)c1ccccc1. The van der Waals surface area contributed by atoms with Crippen molar-refractivity contribution >= 4 is 23.4 Å². The van der Waals surface area contributed by atoms with Crippen LogP contribution in [0, 0.1) is 0 Å². The zero-order valence-electron chi connectivity index (χ0n) is 15.0. The van der Waals surface area contributed by atoms with Gasteiger partial charge in [0.05, 0.1) is 0 Å². The lowest BCUT2D eigenvalue weighted by atomic mass is 9.98. The maximum absolute atomic E-state index is 11.9. The highest BCUT2D eigenvalue weighted by molar-refractivity contribution is 6.30. The first-order valence-electron chi connectivity index (χ1n) is 8.91. The molecule has 1 unspecified atom stereocenters. The van der Waals surface area contributed by atoms with Crippen molar-refractivity contribution in [2.75, 3.05) is 13.1 Å². The normalized spacial score (nSPS) is 11.6. The van der Waals surface area contributed by atoms with E-state index >= 15 is 0 Å². The van der Waals surface area contributed by atoms with Gasteiger partial charge in [-0.3, -0.25) is 9.59 Å². The molecular weight excluding hydrogens is 348 g/mol. The summed E-state index contributed by atoms with van der Waals surface area (Å²) in [6.07, 6.45) is 1.92. The van der Waals surface area contributed by atoms with Crippen LogP contribution in [0.1, 0.15) is 48.0 Å². The van der Waals surface area contributed by atoms with Crippen molar-refractivity contribution in [2.24, 2.45) is 0 Å². The Balaban J connectivity index is 1.57. The van der Waals surface area contributed by atoms with Crippen molar-refractivity contribution in [2.45, 2.75) is 32.1 Å². The van der Waals surface area contributed by atoms with Crippen molar-refractivity contribution in [1.82, 2.24) is 10.6 Å². The molecule has 0 saturated heterocycles. The Morgan fingerprint density at radius 1 is 0.962 bits per heavy atom. The zero-order valence-corrected chi connectivity index (χ0v) is 15.8. The van der Waals surface area contributed by atoms with Gasteiger partial charge in [0.1, 0.15) is 0 Å². The quantitative estimate of drug-likeness (QED) is 0.649. The molecule has 2 aromatic carbocycles. The molecule has 0 aliphatic rings. The minimum absolute atomic E-state index is 0.0194. The number of carbonyl (C=O) groups excluding carboxylic acids is 2. The number of hydrogen-bond donors (Lipinski definition) is 2. The molecule has 2 amide bonds. The van der Waals surface area contributed by atoms with E-state index in [2.05, 4.69) is 29.7 Å². The van der Waals surface area contributed by atoms with Crippen molar-refractivity contribution in [3.05, 3.63) is 70.7 Å². The first-order chi connectivity index (χ1) is 12.6. The van der Waals surface area contributed by atoms with Crippen LogP contribution in [0.25, 0.3) is 0 Å². The van der Waals surface area contributed by atoms with Crippen molar-refractivity contribution in [1.29, 1.82) is 0 Å². The fourth-order valence-electron chi connectivity index (χ4n) is 2.62. The molecule has 0 aliphatic carbocycles. The Kier molecular flexibility index (Phi) is 8.16. The Hall–Kier alpha value is -2.33. The predicted octanol–water partition coefficient (Wildman–Crippen LogP) is 4.16. The molecule has 2 N–H and O–H groups in total. The summed E-state index contributed by atoms with van der Waals surface area (Å²) >= 11 is 5.80. The Labute approximate surface area is 159 Å². The van der Waals surface area contributed by atoms with E-state index in [-0.39, 0.29) is 11.8 Å². The fourth-order valence-corrected chi connectivity index (χ4v) is 2.74. The highest BCUT2D eigenvalue weighted by atomic mass is 35.5. The third kappa shape index (κ3) is 6.89. The summed E-state index contributed by atoms with van der Waals surface area (Å²) in [6.45, 7) is 3.29. The van der Waals surface area contributed by atoms with E-state index in [0.29, 0.717) is 42.4 Å². The minimum Gasteiger partial charge on any atom is -0.356 e. The molecule has 1 atom stereocenters. The molecule has 0 saturated carbocycles. The maximum Gasteiger partial charge on any atom is 0.251 e. The topological polar surface area (TPSA) is 58.2 Å². The highest BCUT2D eigenvalue weighted by Gasteiger charge is 2.07. The second-order valence-electron chi connectivity index (χ2n) is 6.32. The summed E-state index contributed by atoms with van der Waals surface area (Å²) < 4.78 is 0. The van der Waals surface area contributed by atoms with Gasteiger partial charge in [-0.2, -0.15) is 0 Å². The van der Waals surface area contributed by atoms with Crippen LogP contribution in [0.2, 0.25) is 5.02 Å². The molecule has 2 rings (SSSR count). The van der Waals surface area contributed by atoms with Crippen molar-refractivity contribution in [3.63, 3.8) is 0 Å². The fraction of sp³-hybridized carbons (Fsp3) is 0.333. The average Bonchev–Trinajstić information content (AvgIpc) is 2.66. The Morgan fingerprint density at radius 3 is 2.35 bits per heavy atom. The molecule has 0 aliphatic heterocycles. The van der Waals surface area contributed by atoms with Gasteiger partial charge in [-0.05, 0) is 48.6 Å². The van der Waals surface area contributed by atoms with Gasteiger partial charge in [0, 0.05) is 30.1 Å². The molecule has 0 heterocycles. The largest absolute Gasteiger partial charge is 0.356 e. The van der Waals surface area contributed by atoms with E-state index in [4.69, 9.17) is 11.6 Å². The van der Waals surface area contributed by atoms with Crippen LogP contribution in [0.3, 0.4) is 0 Å². The van der Waals surface area contributed by atoms with E-state index in [9.17, 15) is 9.59 Å². The van der Waals surface area contributed by atoms with Crippen LogP contribution in [-0.2, 0) is 4.79 Å². The number of hydrogen-bond acceptors (Lipinski definition) is 2. The molecule has 4 nitrogen and oxygen atoms in total. The first-order valence-corrected chi connectivity index (χ1v) is 9.29. The molecule has 0 fully saturated rings. The Morgan fingerprint density at radius 2 is 1.65 bits per heavy atom. The number of benzene rings is 2. The lowest BCUT2D eigenvalue weighted by molar-refractivity contribution is -0.121. The van der Waals surface area contributed by atoms with Crippen LogP contribution in [-0.4, -0.2) is 24.9 Å². The summed E-state index contributed by atoms with van der Waals surface area (Å²) in [5, 5.41) is 6.35. The number of carbonyl (C=O) groups is 2. The summed E-state index contributed by atoms with van der Waals surface area (Å²) in [5.41, 5.74) is 1.85. The molecule has 0 aromatic heterocycles. The maximum atomic E-state index is 11.9. The number of rotatable bonds is 9. The molecule has 2 aromatic rings. The van der Waals surface area contributed by atoms with Gasteiger partial charge in [-0.15, -0.1) is 0 Å². The lowest BCUT2D eigenvalue weighted by Gasteiger charge is -2.12. The molecule has 0 bridgehead atoms. The lowest BCUT2D eigenvalue weighted by Crippen LogP contribution is -2.28. The highest BCUT2D eigenvalue weighted by Crippen LogP contribution is 2.17. The standard InChI is InChI=1S/C21H25ClN2O2/c1-16(17-6-3-2-4-7-17)13-15-23-20(25)8-5-14-24-21(26)18-9-11-19(22)12-10-18/h2-4,6-7,9-12,16H,5,8,13-15H2,1H3,(H,23,25)(H,24,26). The van der Waals surface area contributed by atoms with E-state index < -0.39 is 0 Å². The third-order valence-corrected chi connectivity index (χ3v) is 4.49. The van der Waals surface area contributed by atoms with Gasteiger partial charge in [-0.1, -0.05) is 48.9 Å². The summed E-state index contributed by atoms with van der Waals surface area (Å²) in [4.78, 5) is 23.8. The first kappa shape index (κ1) is 20.0. The molecule has 138 valence electrons. The molecule has 0 spiro atoms. The third-order valence-electron chi connectivity index (χ3n) is 4.24. The smallest absolute Gasteiger partial charge is 0.251 e. The van der Waals surface area contributed by atoms with Gasteiger partial charge >= 0.3 is 0 Å². The monoisotopic (exact) mass is 372 g/mol. The molecular formula is C21H25ClN2O2. The minimum atomic E-state index is -0.154. The predicted molar refractivity (Wildman–Crippen MR) is 106 cm³/mol. The van der Waals surface area contributed by atoms with Crippen LogP contribution in [0.4, 0.5) is 0 Å². The van der Waals surface area contributed by atoms with E-state index in [1.165, 1.54) is 5.56 Å². The van der Waals surface area contributed by atoms with Gasteiger partial charge in [0.15, 0.2) is 0 Å². The Bertz CT molecular complexity index is 702. The number of halogens is 1. The average molecular weight is 373 g/mol. The second-order valence-corrected chi connectivity index (χ2v) is 6.75. The molecule has 26 heavy (non-hydrogen) atoms.